The van der Waals surface area contributed by atoms with Gasteiger partial charge in [-0.3, -0.25) is 4.40 Å². The summed E-state index contributed by atoms with van der Waals surface area (Å²) < 4.78 is 6.66. The summed E-state index contributed by atoms with van der Waals surface area (Å²) in [5.74, 6) is 0.615. The molecule has 0 radical (unpaired) electrons. The fourth-order valence-electron chi connectivity index (χ4n) is 1.10. The van der Waals surface area contributed by atoms with Gasteiger partial charge in [0.1, 0.15) is 23.7 Å². The van der Waals surface area contributed by atoms with Crippen molar-refractivity contribution in [1.82, 2.24) is 14.6 Å². The number of nitriles is 1. The van der Waals surface area contributed by atoms with E-state index in [9.17, 15) is 0 Å². The molecule has 0 bridgehead atoms. The van der Waals surface area contributed by atoms with Crippen LogP contribution < -0.4 is 4.74 Å². The normalized spacial score (nSPS) is 9.85. The Balaban J connectivity index is 2.79. The molecule has 2 aromatic heterocycles. The van der Waals surface area contributed by atoms with E-state index in [1.54, 1.807) is 23.8 Å². The molecule has 0 aromatic carbocycles. The topological polar surface area (TPSA) is 63.2 Å². The maximum atomic E-state index is 8.79. The number of ether oxygens (including phenoxy) is 1. The van der Waals surface area contributed by atoms with E-state index >= 15 is 0 Å². The zero-order valence-electron chi connectivity index (χ0n) is 6.93. The second kappa shape index (κ2) is 2.75. The Kier molecular flexibility index (Phi) is 1.60. The molecule has 0 amide bonds. The molecule has 0 saturated carbocycles. The SMILES string of the molecule is COc1cc(C#N)c2nncn2c1. The van der Waals surface area contributed by atoms with E-state index in [0.717, 1.165) is 0 Å². The highest BCUT2D eigenvalue weighted by atomic mass is 16.5. The standard InChI is InChI=1S/C8H6N4O/c1-13-7-2-6(3-9)8-11-10-5-12(8)4-7/h2,4-5H,1H3. The summed E-state index contributed by atoms with van der Waals surface area (Å²) in [7, 11) is 1.55. The second-order valence-electron chi connectivity index (χ2n) is 2.47. The predicted molar refractivity (Wildman–Crippen MR) is 44.3 cm³/mol. The lowest BCUT2D eigenvalue weighted by Crippen LogP contribution is -1.91. The van der Waals surface area contributed by atoms with E-state index < -0.39 is 0 Å². The van der Waals surface area contributed by atoms with Crippen LogP contribution in [0.5, 0.6) is 5.75 Å². The number of nitrogens with zero attached hydrogens (tertiary/aromatic N) is 4. The maximum absolute atomic E-state index is 8.79. The number of pyridine rings is 1. The van der Waals surface area contributed by atoms with Crippen LogP contribution in [-0.4, -0.2) is 21.7 Å². The van der Waals surface area contributed by atoms with E-state index in [-0.39, 0.29) is 0 Å². The molecule has 0 fully saturated rings. The molecule has 13 heavy (non-hydrogen) atoms. The molecule has 5 nitrogen and oxygen atoms in total. The van der Waals surface area contributed by atoms with Crippen molar-refractivity contribution in [1.29, 1.82) is 5.26 Å². The fourth-order valence-corrected chi connectivity index (χ4v) is 1.10. The van der Waals surface area contributed by atoms with Crippen molar-refractivity contribution in [3.05, 3.63) is 24.2 Å². The zero-order valence-corrected chi connectivity index (χ0v) is 6.93. The summed E-state index contributed by atoms with van der Waals surface area (Å²) >= 11 is 0. The Labute approximate surface area is 74.2 Å². The first-order valence-electron chi connectivity index (χ1n) is 3.62. The number of rotatable bonds is 1. The molecule has 0 spiro atoms. The molecule has 0 aliphatic rings. The van der Waals surface area contributed by atoms with Crippen LogP contribution >= 0.6 is 0 Å². The number of methoxy groups -OCH3 is 1. The van der Waals surface area contributed by atoms with Crippen LogP contribution in [0.1, 0.15) is 5.56 Å². The lowest BCUT2D eigenvalue weighted by Gasteiger charge is -2.00. The number of hydrogen-bond donors (Lipinski definition) is 0. The van der Waals surface area contributed by atoms with Gasteiger partial charge >= 0.3 is 0 Å². The van der Waals surface area contributed by atoms with Crippen LogP contribution in [0.3, 0.4) is 0 Å². The molecule has 2 heterocycles. The van der Waals surface area contributed by atoms with E-state index in [2.05, 4.69) is 10.2 Å². The Morgan fingerprint density at radius 2 is 2.46 bits per heavy atom. The molecule has 2 rings (SSSR count). The third kappa shape index (κ3) is 1.08. The van der Waals surface area contributed by atoms with Gasteiger partial charge in [-0.2, -0.15) is 5.26 Å². The molecule has 0 aliphatic carbocycles. The van der Waals surface area contributed by atoms with E-state index in [4.69, 9.17) is 10.00 Å². The van der Waals surface area contributed by atoms with Gasteiger partial charge < -0.3 is 4.74 Å². The van der Waals surface area contributed by atoms with Crippen LogP contribution in [0.2, 0.25) is 0 Å². The van der Waals surface area contributed by atoms with Gasteiger partial charge in [-0.15, -0.1) is 10.2 Å². The van der Waals surface area contributed by atoms with Crippen molar-refractivity contribution in [2.24, 2.45) is 0 Å². The van der Waals surface area contributed by atoms with Gasteiger partial charge in [0.05, 0.1) is 13.3 Å². The molecule has 0 saturated heterocycles. The van der Waals surface area contributed by atoms with Gasteiger partial charge in [-0.1, -0.05) is 0 Å². The van der Waals surface area contributed by atoms with Crippen LogP contribution in [0.25, 0.3) is 5.65 Å². The Hall–Kier alpha value is -2.09. The summed E-state index contributed by atoms with van der Waals surface area (Å²) in [6.07, 6.45) is 3.24. The van der Waals surface area contributed by atoms with Crippen molar-refractivity contribution >= 4 is 5.65 Å². The zero-order chi connectivity index (χ0) is 9.26. The lowest BCUT2D eigenvalue weighted by atomic mass is 10.3. The monoisotopic (exact) mass is 174 g/mol. The molecule has 5 heteroatoms. The van der Waals surface area contributed by atoms with Gasteiger partial charge in [0.15, 0.2) is 5.65 Å². The van der Waals surface area contributed by atoms with Gasteiger partial charge in [0, 0.05) is 6.07 Å². The average Bonchev–Trinajstić information content (AvgIpc) is 2.63. The highest BCUT2D eigenvalue weighted by Gasteiger charge is 2.05. The second-order valence-corrected chi connectivity index (χ2v) is 2.47. The van der Waals surface area contributed by atoms with Crippen molar-refractivity contribution in [3.8, 4) is 11.8 Å². The molecule has 64 valence electrons. The minimum atomic E-state index is 0.455. The Morgan fingerprint density at radius 1 is 1.62 bits per heavy atom. The largest absolute Gasteiger partial charge is 0.495 e. The van der Waals surface area contributed by atoms with Crippen molar-refractivity contribution < 1.29 is 4.74 Å². The lowest BCUT2D eigenvalue weighted by molar-refractivity contribution is 0.412. The highest BCUT2D eigenvalue weighted by molar-refractivity contribution is 5.56. The average molecular weight is 174 g/mol. The fraction of sp³-hybridized carbons (Fsp3) is 0.125. The van der Waals surface area contributed by atoms with Crippen molar-refractivity contribution in [2.45, 2.75) is 0 Å². The molecular weight excluding hydrogens is 168 g/mol. The maximum Gasteiger partial charge on any atom is 0.178 e. The first kappa shape index (κ1) is 7.55. The number of aromatic nitrogens is 3. The number of hydrogen-bond acceptors (Lipinski definition) is 4. The molecule has 2 aromatic rings. The summed E-state index contributed by atoms with van der Waals surface area (Å²) in [6.45, 7) is 0. The quantitative estimate of drug-likeness (QED) is 0.635. The van der Waals surface area contributed by atoms with Crippen LogP contribution in [0.4, 0.5) is 0 Å². The summed E-state index contributed by atoms with van der Waals surface area (Å²) in [5, 5.41) is 16.3. The molecular formula is C8H6N4O. The third-order valence-electron chi connectivity index (χ3n) is 1.72. The Bertz CT molecular complexity index is 482. The third-order valence-corrected chi connectivity index (χ3v) is 1.72. The van der Waals surface area contributed by atoms with Crippen molar-refractivity contribution in [2.75, 3.05) is 7.11 Å². The highest BCUT2D eigenvalue weighted by Crippen LogP contribution is 2.15. The summed E-state index contributed by atoms with van der Waals surface area (Å²) in [4.78, 5) is 0. The summed E-state index contributed by atoms with van der Waals surface area (Å²) in [5.41, 5.74) is 1.00. The molecule has 0 N–H and O–H groups in total. The van der Waals surface area contributed by atoms with E-state index in [1.165, 1.54) is 6.33 Å². The van der Waals surface area contributed by atoms with Crippen LogP contribution in [0, 0.1) is 11.3 Å². The van der Waals surface area contributed by atoms with E-state index in [1.807, 2.05) is 6.07 Å². The predicted octanol–water partition coefficient (Wildman–Crippen LogP) is 0.610. The minimum absolute atomic E-state index is 0.455. The smallest absolute Gasteiger partial charge is 0.178 e. The molecule has 0 unspecified atom stereocenters. The van der Waals surface area contributed by atoms with Crippen LogP contribution in [-0.2, 0) is 0 Å². The first-order chi connectivity index (χ1) is 6.35. The van der Waals surface area contributed by atoms with E-state index in [0.29, 0.717) is 17.0 Å². The van der Waals surface area contributed by atoms with Crippen molar-refractivity contribution in [3.63, 3.8) is 0 Å². The molecule has 0 atom stereocenters. The van der Waals surface area contributed by atoms with Gasteiger partial charge in [-0.25, -0.2) is 0 Å². The molecule has 0 aliphatic heterocycles. The first-order valence-corrected chi connectivity index (χ1v) is 3.62. The van der Waals surface area contributed by atoms with Crippen LogP contribution in [0.15, 0.2) is 18.6 Å². The van der Waals surface area contributed by atoms with Gasteiger partial charge in [-0.05, 0) is 0 Å². The minimum Gasteiger partial charge on any atom is -0.495 e. The number of fused-ring (bicyclic) bond motifs is 1. The Morgan fingerprint density at radius 3 is 3.15 bits per heavy atom. The van der Waals surface area contributed by atoms with Gasteiger partial charge in [0.25, 0.3) is 0 Å². The van der Waals surface area contributed by atoms with Gasteiger partial charge in [0.2, 0.25) is 0 Å². The summed E-state index contributed by atoms with van der Waals surface area (Å²) in [6, 6.07) is 3.66.